The van der Waals surface area contributed by atoms with Crippen LogP contribution in [0.2, 0.25) is 0 Å². The van der Waals surface area contributed by atoms with Crippen LogP contribution in [0.4, 0.5) is 0 Å². The zero-order valence-corrected chi connectivity index (χ0v) is 16.1. The molecule has 148 valence electrons. The third-order valence-electron chi connectivity index (χ3n) is 4.67. The summed E-state index contributed by atoms with van der Waals surface area (Å²) in [7, 11) is 1.32. The third-order valence-corrected chi connectivity index (χ3v) is 4.67. The van der Waals surface area contributed by atoms with Crippen LogP contribution in [0, 0.1) is 0 Å². The minimum atomic E-state index is -0.448. The molecule has 0 spiro atoms. The Morgan fingerprint density at radius 3 is 2.69 bits per heavy atom. The molecule has 2 aromatic carbocycles. The van der Waals surface area contributed by atoms with Crippen LogP contribution in [0.15, 0.2) is 69.9 Å². The molecule has 4 rings (SSSR count). The molecule has 0 atom stereocenters. The minimum Gasteiger partial charge on any atom is -0.478 e. The van der Waals surface area contributed by atoms with E-state index in [1.807, 2.05) is 30.3 Å². The van der Waals surface area contributed by atoms with Crippen molar-refractivity contribution in [1.82, 2.24) is 4.98 Å². The SMILES string of the molecule is COC(=O)COc1cccc2c(Cc3nc(CCc4ccccc4)co3)coc12. The first-order valence-electron chi connectivity index (χ1n) is 9.39. The predicted molar refractivity (Wildman–Crippen MR) is 107 cm³/mol. The van der Waals surface area contributed by atoms with Crippen molar-refractivity contribution in [1.29, 1.82) is 0 Å². The van der Waals surface area contributed by atoms with E-state index in [0.717, 1.165) is 29.5 Å². The minimum absolute atomic E-state index is 0.170. The lowest BCUT2D eigenvalue weighted by Crippen LogP contribution is -2.12. The van der Waals surface area contributed by atoms with Gasteiger partial charge in [-0.25, -0.2) is 9.78 Å². The first-order chi connectivity index (χ1) is 14.2. The number of methoxy groups -OCH3 is 1. The molecule has 4 aromatic rings. The number of hydrogen-bond acceptors (Lipinski definition) is 6. The van der Waals surface area contributed by atoms with Gasteiger partial charge in [-0.05, 0) is 24.5 Å². The summed E-state index contributed by atoms with van der Waals surface area (Å²) in [6.45, 7) is -0.170. The Balaban J connectivity index is 1.44. The number of nitrogens with zero attached hydrogens (tertiary/aromatic N) is 1. The molecule has 0 saturated carbocycles. The second kappa shape index (κ2) is 8.65. The van der Waals surface area contributed by atoms with E-state index in [-0.39, 0.29) is 6.61 Å². The molecule has 2 heterocycles. The molecule has 0 aliphatic carbocycles. The van der Waals surface area contributed by atoms with Crippen molar-refractivity contribution in [3.8, 4) is 5.75 Å². The number of furan rings is 1. The van der Waals surface area contributed by atoms with Crippen molar-refractivity contribution < 1.29 is 23.1 Å². The van der Waals surface area contributed by atoms with Gasteiger partial charge in [0.25, 0.3) is 0 Å². The summed E-state index contributed by atoms with van der Waals surface area (Å²) in [4.78, 5) is 15.9. The van der Waals surface area contributed by atoms with Crippen molar-refractivity contribution in [2.75, 3.05) is 13.7 Å². The molecule has 0 aliphatic heterocycles. The fourth-order valence-electron chi connectivity index (χ4n) is 3.15. The maximum atomic E-state index is 11.3. The number of aromatic nitrogens is 1. The van der Waals surface area contributed by atoms with E-state index >= 15 is 0 Å². The molecule has 0 radical (unpaired) electrons. The maximum Gasteiger partial charge on any atom is 0.343 e. The van der Waals surface area contributed by atoms with Gasteiger partial charge in [0.15, 0.2) is 23.8 Å². The van der Waals surface area contributed by atoms with E-state index in [4.69, 9.17) is 13.6 Å². The number of carbonyl (C=O) groups is 1. The molecule has 0 N–H and O–H groups in total. The Labute approximate surface area is 168 Å². The number of oxazole rings is 1. The van der Waals surface area contributed by atoms with Gasteiger partial charge in [-0.1, -0.05) is 42.5 Å². The molecular weight excluding hydrogens is 370 g/mol. The number of aryl methyl sites for hydroxylation is 2. The van der Waals surface area contributed by atoms with Gasteiger partial charge in [-0.2, -0.15) is 0 Å². The number of fused-ring (bicyclic) bond motifs is 1. The van der Waals surface area contributed by atoms with Gasteiger partial charge >= 0.3 is 5.97 Å². The lowest BCUT2D eigenvalue weighted by molar-refractivity contribution is -0.142. The molecule has 0 bridgehead atoms. The number of rotatable bonds is 8. The number of hydrogen-bond donors (Lipinski definition) is 0. The van der Waals surface area contributed by atoms with Crippen molar-refractivity contribution in [2.24, 2.45) is 0 Å². The van der Waals surface area contributed by atoms with E-state index in [1.54, 1.807) is 18.6 Å². The van der Waals surface area contributed by atoms with Crippen LogP contribution in [0.5, 0.6) is 5.75 Å². The van der Waals surface area contributed by atoms with Crippen LogP contribution >= 0.6 is 0 Å². The van der Waals surface area contributed by atoms with E-state index in [1.165, 1.54) is 12.7 Å². The topological polar surface area (TPSA) is 74.7 Å². The van der Waals surface area contributed by atoms with E-state index in [9.17, 15) is 4.79 Å². The maximum absolute atomic E-state index is 11.3. The molecule has 0 saturated heterocycles. The molecular formula is C23H21NO5. The lowest BCUT2D eigenvalue weighted by Gasteiger charge is -2.05. The standard InChI is InChI=1S/C23H21NO5/c1-26-22(25)15-27-20-9-5-8-19-17(13-29-23(19)20)12-21-24-18(14-28-21)11-10-16-6-3-2-4-7-16/h2-9,13-14H,10-12,15H2,1H3. The zero-order valence-electron chi connectivity index (χ0n) is 16.1. The average Bonchev–Trinajstić information content (AvgIpc) is 3.39. The van der Waals surface area contributed by atoms with Crippen LogP contribution in [-0.2, 0) is 28.8 Å². The highest BCUT2D eigenvalue weighted by molar-refractivity contribution is 5.86. The summed E-state index contributed by atoms with van der Waals surface area (Å²) in [5.74, 6) is 0.684. The molecule has 29 heavy (non-hydrogen) atoms. The Hall–Kier alpha value is -3.54. The summed E-state index contributed by atoms with van der Waals surface area (Å²) in [5.41, 5.74) is 3.73. The molecule has 2 aromatic heterocycles. The number of para-hydroxylation sites is 1. The van der Waals surface area contributed by atoms with Gasteiger partial charge in [0.2, 0.25) is 0 Å². The quantitative estimate of drug-likeness (QED) is 0.416. The highest BCUT2D eigenvalue weighted by Gasteiger charge is 2.14. The largest absolute Gasteiger partial charge is 0.478 e. The fraction of sp³-hybridized carbons (Fsp3) is 0.217. The Bertz CT molecular complexity index is 1100. The van der Waals surface area contributed by atoms with Crippen LogP contribution < -0.4 is 4.74 Å². The zero-order chi connectivity index (χ0) is 20.1. The molecule has 6 heteroatoms. The number of carbonyl (C=O) groups excluding carboxylic acids is 1. The van der Waals surface area contributed by atoms with Crippen molar-refractivity contribution in [2.45, 2.75) is 19.3 Å². The van der Waals surface area contributed by atoms with Crippen LogP contribution in [0.3, 0.4) is 0 Å². The number of esters is 1. The summed E-state index contributed by atoms with van der Waals surface area (Å²) < 4.78 is 21.4. The lowest BCUT2D eigenvalue weighted by atomic mass is 10.1. The number of benzene rings is 2. The third kappa shape index (κ3) is 4.48. The van der Waals surface area contributed by atoms with E-state index < -0.39 is 5.97 Å². The van der Waals surface area contributed by atoms with Crippen LogP contribution in [-0.4, -0.2) is 24.7 Å². The monoisotopic (exact) mass is 391 g/mol. The molecule has 0 amide bonds. The molecule has 6 nitrogen and oxygen atoms in total. The summed E-state index contributed by atoms with van der Waals surface area (Å²) >= 11 is 0. The molecule has 0 unspecified atom stereocenters. The van der Waals surface area contributed by atoms with Crippen LogP contribution in [0.25, 0.3) is 11.0 Å². The van der Waals surface area contributed by atoms with Gasteiger partial charge in [0.1, 0.15) is 6.26 Å². The smallest absolute Gasteiger partial charge is 0.343 e. The summed E-state index contributed by atoms with van der Waals surface area (Å²) in [6, 6.07) is 15.9. The Morgan fingerprint density at radius 1 is 1.00 bits per heavy atom. The van der Waals surface area contributed by atoms with Crippen LogP contribution in [0.1, 0.15) is 22.7 Å². The second-order valence-corrected chi connectivity index (χ2v) is 6.65. The van der Waals surface area contributed by atoms with Crippen molar-refractivity contribution in [3.05, 3.63) is 83.8 Å². The average molecular weight is 391 g/mol. The summed E-state index contributed by atoms with van der Waals surface area (Å²) in [6.07, 6.45) is 5.64. The first kappa shape index (κ1) is 18.8. The molecule has 0 fully saturated rings. The second-order valence-electron chi connectivity index (χ2n) is 6.65. The summed E-state index contributed by atoms with van der Waals surface area (Å²) in [5, 5.41) is 0.899. The van der Waals surface area contributed by atoms with E-state index in [2.05, 4.69) is 21.9 Å². The van der Waals surface area contributed by atoms with Crippen molar-refractivity contribution >= 4 is 16.9 Å². The van der Waals surface area contributed by atoms with Gasteiger partial charge in [-0.15, -0.1) is 0 Å². The van der Waals surface area contributed by atoms with Gasteiger partial charge < -0.3 is 18.3 Å². The highest BCUT2D eigenvalue weighted by atomic mass is 16.6. The van der Waals surface area contributed by atoms with E-state index in [0.29, 0.717) is 23.6 Å². The Morgan fingerprint density at radius 2 is 1.86 bits per heavy atom. The first-order valence-corrected chi connectivity index (χ1v) is 9.39. The normalized spacial score (nSPS) is 10.9. The predicted octanol–water partition coefficient (Wildman–Crippen LogP) is 4.35. The molecule has 0 aliphatic rings. The number of ether oxygens (including phenoxy) is 2. The van der Waals surface area contributed by atoms with Gasteiger partial charge in [0, 0.05) is 10.9 Å². The van der Waals surface area contributed by atoms with Gasteiger partial charge in [-0.3, -0.25) is 0 Å². The Kier molecular flexibility index (Phi) is 5.61. The highest BCUT2D eigenvalue weighted by Crippen LogP contribution is 2.31. The van der Waals surface area contributed by atoms with Crippen molar-refractivity contribution in [3.63, 3.8) is 0 Å². The fourth-order valence-corrected chi connectivity index (χ4v) is 3.15. The van der Waals surface area contributed by atoms with Gasteiger partial charge in [0.05, 0.1) is 25.5 Å².